The van der Waals surface area contributed by atoms with Gasteiger partial charge in [0.05, 0.1) is 13.2 Å². The molecule has 0 aliphatic carbocycles. The molecule has 2 rings (SSSR count). The number of nitrogens with one attached hydrogen (secondary N) is 1. The molecule has 2 heterocycles. The van der Waals surface area contributed by atoms with E-state index >= 15 is 0 Å². The Kier molecular flexibility index (Phi) is 2.86. The molecule has 2 unspecified atom stereocenters. The summed E-state index contributed by atoms with van der Waals surface area (Å²) in [5, 5.41) is 3.60. The van der Waals surface area contributed by atoms with Crippen LogP contribution in [0.2, 0.25) is 0 Å². The van der Waals surface area contributed by atoms with E-state index in [0.717, 1.165) is 32.2 Å². The topological polar surface area (TPSA) is 24.5 Å². The number of fused-ring (bicyclic) bond motifs is 1. The standard InChI is InChI=1S/C10H20N2O/c1-8(2)10-6-12-3-4-13-7-9(12)5-11-10/h8-11H,3-7H2,1-2H3. The molecule has 3 nitrogen and oxygen atoms in total. The number of hydrogen-bond donors (Lipinski definition) is 1. The molecule has 2 fully saturated rings. The maximum Gasteiger partial charge on any atom is 0.0634 e. The van der Waals surface area contributed by atoms with Crippen molar-refractivity contribution in [3.8, 4) is 0 Å². The van der Waals surface area contributed by atoms with Crippen molar-refractivity contribution >= 4 is 0 Å². The van der Waals surface area contributed by atoms with Crippen LogP contribution in [0, 0.1) is 5.92 Å². The van der Waals surface area contributed by atoms with Gasteiger partial charge in [-0.3, -0.25) is 4.90 Å². The first-order chi connectivity index (χ1) is 6.27. The van der Waals surface area contributed by atoms with Gasteiger partial charge in [0.2, 0.25) is 0 Å². The summed E-state index contributed by atoms with van der Waals surface area (Å²) in [7, 11) is 0. The Balaban J connectivity index is 1.91. The molecule has 0 aromatic heterocycles. The fourth-order valence-corrected chi connectivity index (χ4v) is 2.17. The van der Waals surface area contributed by atoms with Crippen LogP contribution in [0.1, 0.15) is 13.8 Å². The van der Waals surface area contributed by atoms with Crippen LogP contribution in [0.15, 0.2) is 0 Å². The molecule has 0 spiro atoms. The zero-order valence-electron chi connectivity index (χ0n) is 8.62. The van der Waals surface area contributed by atoms with Crippen molar-refractivity contribution in [2.75, 3.05) is 32.8 Å². The van der Waals surface area contributed by atoms with Crippen molar-refractivity contribution in [3.05, 3.63) is 0 Å². The Labute approximate surface area is 80.4 Å². The Morgan fingerprint density at radius 3 is 3.08 bits per heavy atom. The van der Waals surface area contributed by atoms with E-state index in [1.165, 1.54) is 6.54 Å². The monoisotopic (exact) mass is 184 g/mol. The number of hydrogen-bond acceptors (Lipinski definition) is 3. The second kappa shape index (κ2) is 3.95. The molecule has 76 valence electrons. The Morgan fingerprint density at radius 2 is 2.31 bits per heavy atom. The molecule has 0 aromatic rings. The van der Waals surface area contributed by atoms with Gasteiger partial charge < -0.3 is 10.1 Å². The summed E-state index contributed by atoms with van der Waals surface area (Å²) < 4.78 is 5.45. The molecular weight excluding hydrogens is 164 g/mol. The summed E-state index contributed by atoms with van der Waals surface area (Å²) >= 11 is 0. The molecule has 3 heteroatoms. The minimum absolute atomic E-state index is 0.628. The molecule has 0 aromatic carbocycles. The highest BCUT2D eigenvalue weighted by molar-refractivity contribution is 4.88. The first-order valence-electron chi connectivity index (χ1n) is 5.32. The Morgan fingerprint density at radius 1 is 1.46 bits per heavy atom. The fourth-order valence-electron chi connectivity index (χ4n) is 2.17. The summed E-state index contributed by atoms with van der Waals surface area (Å²) in [6, 6.07) is 1.30. The van der Waals surface area contributed by atoms with Crippen LogP contribution in [0.3, 0.4) is 0 Å². The van der Waals surface area contributed by atoms with Crippen LogP contribution in [-0.2, 0) is 4.74 Å². The van der Waals surface area contributed by atoms with E-state index in [1.807, 2.05) is 0 Å². The molecule has 0 amide bonds. The molecule has 2 saturated heterocycles. The van der Waals surface area contributed by atoms with E-state index in [9.17, 15) is 0 Å². The maximum absolute atomic E-state index is 5.45. The van der Waals surface area contributed by atoms with Gasteiger partial charge in [-0.2, -0.15) is 0 Å². The van der Waals surface area contributed by atoms with Crippen LogP contribution in [-0.4, -0.2) is 49.8 Å². The summed E-state index contributed by atoms with van der Waals surface area (Å²) in [6.07, 6.45) is 0. The third kappa shape index (κ3) is 2.03. The zero-order valence-corrected chi connectivity index (χ0v) is 8.62. The maximum atomic E-state index is 5.45. The smallest absolute Gasteiger partial charge is 0.0634 e. The van der Waals surface area contributed by atoms with Crippen LogP contribution in [0.5, 0.6) is 0 Å². The lowest BCUT2D eigenvalue weighted by Gasteiger charge is -2.44. The number of ether oxygens (including phenoxy) is 1. The highest BCUT2D eigenvalue weighted by Gasteiger charge is 2.30. The van der Waals surface area contributed by atoms with Crippen molar-refractivity contribution < 1.29 is 4.74 Å². The average Bonchev–Trinajstić information content (AvgIpc) is 2.17. The SMILES string of the molecule is CC(C)C1CN2CCOCC2CN1. The summed E-state index contributed by atoms with van der Waals surface area (Å²) in [6.45, 7) is 9.83. The van der Waals surface area contributed by atoms with Crippen LogP contribution in [0.4, 0.5) is 0 Å². The van der Waals surface area contributed by atoms with Gasteiger partial charge in [-0.15, -0.1) is 0 Å². The molecule has 0 bridgehead atoms. The van der Waals surface area contributed by atoms with E-state index in [0.29, 0.717) is 12.1 Å². The minimum Gasteiger partial charge on any atom is -0.378 e. The van der Waals surface area contributed by atoms with Crippen molar-refractivity contribution in [3.63, 3.8) is 0 Å². The lowest BCUT2D eigenvalue weighted by molar-refractivity contribution is -0.0299. The highest BCUT2D eigenvalue weighted by Crippen LogP contribution is 2.15. The molecule has 2 aliphatic heterocycles. The lowest BCUT2D eigenvalue weighted by atomic mass is 9.99. The van der Waals surface area contributed by atoms with Gasteiger partial charge in [0.1, 0.15) is 0 Å². The molecule has 0 saturated carbocycles. The normalized spacial score (nSPS) is 36.2. The summed E-state index contributed by atoms with van der Waals surface area (Å²) in [4.78, 5) is 2.57. The second-order valence-corrected chi connectivity index (χ2v) is 4.48. The number of morpholine rings is 1. The van der Waals surface area contributed by atoms with Gasteiger partial charge in [-0.05, 0) is 5.92 Å². The van der Waals surface area contributed by atoms with Gasteiger partial charge >= 0.3 is 0 Å². The average molecular weight is 184 g/mol. The minimum atomic E-state index is 0.628. The lowest BCUT2D eigenvalue weighted by Crippen LogP contribution is -2.61. The molecule has 2 aliphatic rings. The van der Waals surface area contributed by atoms with Gasteiger partial charge in [0.15, 0.2) is 0 Å². The predicted octanol–water partition coefficient (Wildman–Crippen LogP) is 0.315. The van der Waals surface area contributed by atoms with Gasteiger partial charge in [-0.1, -0.05) is 13.8 Å². The van der Waals surface area contributed by atoms with E-state index in [-0.39, 0.29) is 0 Å². The number of nitrogens with zero attached hydrogens (tertiary/aromatic N) is 1. The van der Waals surface area contributed by atoms with Crippen LogP contribution >= 0.6 is 0 Å². The zero-order chi connectivity index (χ0) is 9.26. The van der Waals surface area contributed by atoms with Crippen molar-refractivity contribution in [2.45, 2.75) is 25.9 Å². The van der Waals surface area contributed by atoms with E-state index < -0.39 is 0 Å². The van der Waals surface area contributed by atoms with Gasteiger partial charge in [0.25, 0.3) is 0 Å². The molecular formula is C10H20N2O. The third-order valence-corrected chi connectivity index (χ3v) is 3.20. The van der Waals surface area contributed by atoms with Crippen molar-refractivity contribution in [1.82, 2.24) is 10.2 Å². The Bertz CT molecular complexity index is 172. The predicted molar refractivity (Wildman–Crippen MR) is 52.8 cm³/mol. The van der Waals surface area contributed by atoms with Crippen LogP contribution in [0.25, 0.3) is 0 Å². The first kappa shape index (κ1) is 9.44. The Hall–Kier alpha value is -0.120. The van der Waals surface area contributed by atoms with Gasteiger partial charge in [0, 0.05) is 31.7 Å². The summed E-state index contributed by atoms with van der Waals surface area (Å²) in [5.41, 5.74) is 0. The molecule has 1 N–H and O–H groups in total. The third-order valence-electron chi connectivity index (χ3n) is 3.20. The second-order valence-electron chi connectivity index (χ2n) is 4.48. The summed E-state index contributed by atoms with van der Waals surface area (Å²) in [5.74, 6) is 0.740. The van der Waals surface area contributed by atoms with Crippen molar-refractivity contribution in [2.24, 2.45) is 5.92 Å². The van der Waals surface area contributed by atoms with Crippen molar-refractivity contribution in [1.29, 1.82) is 0 Å². The van der Waals surface area contributed by atoms with E-state index in [1.54, 1.807) is 0 Å². The largest absolute Gasteiger partial charge is 0.378 e. The van der Waals surface area contributed by atoms with Gasteiger partial charge in [-0.25, -0.2) is 0 Å². The number of piperazine rings is 1. The highest BCUT2D eigenvalue weighted by atomic mass is 16.5. The molecule has 2 atom stereocenters. The van der Waals surface area contributed by atoms with E-state index in [4.69, 9.17) is 4.74 Å². The van der Waals surface area contributed by atoms with E-state index in [2.05, 4.69) is 24.1 Å². The fraction of sp³-hybridized carbons (Fsp3) is 1.00. The number of rotatable bonds is 1. The molecule has 13 heavy (non-hydrogen) atoms. The molecule has 0 radical (unpaired) electrons. The quantitative estimate of drug-likeness (QED) is 0.635. The first-order valence-corrected chi connectivity index (χ1v) is 5.32. The van der Waals surface area contributed by atoms with Crippen LogP contribution < -0.4 is 5.32 Å².